The smallest absolute Gasteiger partial charge is 0.408 e. The Morgan fingerprint density at radius 1 is 1.40 bits per heavy atom. The lowest BCUT2D eigenvalue weighted by molar-refractivity contribution is -0.385. The number of carboxylic acid groups (broad SMARTS) is 1. The van der Waals surface area contributed by atoms with Crippen LogP contribution in [0, 0.1) is 21.3 Å². The highest BCUT2D eigenvalue weighted by Gasteiger charge is 2.44. The number of halogens is 1. The van der Waals surface area contributed by atoms with Crippen molar-refractivity contribution in [1.29, 1.82) is 0 Å². The van der Waals surface area contributed by atoms with E-state index in [2.05, 4.69) is 0 Å². The molecule has 136 valence electrons. The molecule has 1 N–H and O–H groups in total. The summed E-state index contributed by atoms with van der Waals surface area (Å²) in [6.45, 7) is 5.48. The van der Waals surface area contributed by atoms with Crippen molar-refractivity contribution in [2.75, 3.05) is 13.1 Å². The van der Waals surface area contributed by atoms with Gasteiger partial charge in [-0.2, -0.15) is 0 Å². The van der Waals surface area contributed by atoms with Crippen LogP contribution in [0.5, 0.6) is 0 Å². The maximum atomic E-state index is 14.1. The van der Waals surface area contributed by atoms with Gasteiger partial charge in [0, 0.05) is 31.3 Å². The lowest BCUT2D eigenvalue weighted by Crippen LogP contribution is -2.62. The normalized spacial score (nSPS) is 18.4. The molecule has 0 aromatic heterocycles. The molecular formula is C16H20FN3O5. The summed E-state index contributed by atoms with van der Waals surface area (Å²) < 4.78 is 14.1. The highest BCUT2D eigenvalue weighted by atomic mass is 19.1. The number of non-ortho nitro benzene ring substituents is 1. The van der Waals surface area contributed by atoms with Crippen LogP contribution in [0.15, 0.2) is 18.2 Å². The van der Waals surface area contributed by atoms with Crippen molar-refractivity contribution < 1.29 is 24.0 Å². The van der Waals surface area contributed by atoms with Gasteiger partial charge in [0.15, 0.2) is 0 Å². The summed E-state index contributed by atoms with van der Waals surface area (Å²) in [7, 11) is 0. The predicted octanol–water partition coefficient (Wildman–Crippen LogP) is 2.47. The van der Waals surface area contributed by atoms with Gasteiger partial charge < -0.3 is 10.0 Å². The summed E-state index contributed by atoms with van der Waals surface area (Å²) in [4.78, 5) is 36.6. The number of hydrogen-bond acceptors (Lipinski definition) is 4. The number of amides is 2. The molecule has 1 heterocycles. The van der Waals surface area contributed by atoms with Gasteiger partial charge in [-0.3, -0.25) is 19.8 Å². The van der Waals surface area contributed by atoms with Crippen LogP contribution in [0.1, 0.15) is 26.3 Å². The first-order valence-electron chi connectivity index (χ1n) is 7.73. The molecule has 1 fully saturated rings. The number of piperazine rings is 1. The molecule has 2 amide bonds. The van der Waals surface area contributed by atoms with Gasteiger partial charge in [-0.1, -0.05) is 20.8 Å². The largest absolute Gasteiger partial charge is 0.465 e. The monoisotopic (exact) mass is 353 g/mol. The van der Waals surface area contributed by atoms with Crippen LogP contribution in [-0.4, -0.2) is 51.0 Å². The van der Waals surface area contributed by atoms with Gasteiger partial charge >= 0.3 is 6.09 Å². The second kappa shape index (κ2) is 6.66. The molecule has 1 aromatic carbocycles. The first-order valence-corrected chi connectivity index (χ1v) is 7.73. The van der Waals surface area contributed by atoms with Gasteiger partial charge in [0.25, 0.3) is 5.69 Å². The molecule has 1 atom stereocenters. The number of nitro groups is 1. The van der Waals surface area contributed by atoms with Gasteiger partial charge in [-0.15, -0.1) is 0 Å². The van der Waals surface area contributed by atoms with Gasteiger partial charge in [-0.25, -0.2) is 9.18 Å². The minimum Gasteiger partial charge on any atom is -0.465 e. The van der Waals surface area contributed by atoms with Crippen molar-refractivity contribution in [3.8, 4) is 0 Å². The number of hydrogen-bond donors (Lipinski definition) is 1. The molecule has 0 radical (unpaired) electrons. The van der Waals surface area contributed by atoms with Crippen molar-refractivity contribution in [3.63, 3.8) is 0 Å². The van der Waals surface area contributed by atoms with E-state index in [1.807, 2.05) is 0 Å². The van der Waals surface area contributed by atoms with Crippen molar-refractivity contribution in [2.45, 2.75) is 33.4 Å². The van der Waals surface area contributed by atoms with E-state index in [1.165, 1.54) is 17.0 Å². The Morgan fingerprint density at radius 3 is 2.52 bits per heavy atom. The molecule has 25 heavy (non-hydrogen) atoms. The molecule has 1 unspecified atom stereocenters. The molecule has 2 rings (SSSR count). The van der Waals surface area contributed by atoms with E-state index in [0.717, 1.165) is 11.0 Å². The molecule has 1 saturated heterocycles. The Bertz CT molecular complexity index is 716. The van der Waals surface area contributed by atoms with E-state index >= 15 is 0 Å². The fourth-order valence-electron chi connectivity index (χ4n) is 2.96. The fourth-order valence-corrected chi connectivity index (χ4v) is 2.96. The van der Waals surface area contributed by atoms with Crippen molar-refractivity contribution in [2.24, 2.45) is 5.41 Å². The van der Waals surface area contributed by atoms with Crippen LogP contribution in [-0.2, 0) is 11.3 Å². The second-order valence-corrected chi connectivity index (χ2v) is 7.04. The minimum atomic E-state index is -1.17. The van der Waals surface area contributed by atoms with Crippen LogP contribution in [0.4, 0.5) is 14.9 Å². The predicted molar refractivity (Wildman–Crippen MR) is 86.4 cm³/mol. The number of benzene rings is 1. The lowest BCUT2D eigenvalue weighted by atomic mass is 9.83. The molecule has 0 saturated carbocycles. The highest BCUT2D eigenvalue weighted by Crippen LogP contribution is 2.30. The standard InChI is InChI=1S/C16H20FN3O5/c1-16(2,3)13-14(21)18(6-7-19(13)15(22)23)9-10-4-5-11(20(24)25)8-12(10)17/h4-5,8,13H,6-7,9H2,1-3H3,(H,22,23). The molecule has 9 heteroatoms. The molecule has 1 aromatic rings. The SMILES string of the molecule is CC(C)(C)C1C(=O)N(Cc2ccc([N+](=O)[O-])cc2F)CCN1C(=O)O. The number of carbonyl (C=O) groups excluding carboxylic acids is 1. The first kappa shape index (κ1) is 18.6. The molecule has 0 aliphatic carbocycles. The number of rotatable bonds is 3. The minimum absolute atomic E-state index is 0.0668. The molecule has 1 aliphatic rings. The van der Waals surface area contributed by atoms with E-state index < -0.39 is 34.2 Å². The lowest BCUT2D eigenvalue weighted by Gasteiger charge is -2.44. The van der Waals surface area contributed by atoms with Crippen molar-refractivity contribution in [3.05, 3.63) is 39.7 Å². The van der Waals surface area contributed by atoms with Crippen molar-refractivity contribution in [1.82, 2.24) is 9.80 Å². The molecule has 1 aliphatic heterocycles. The van der Waals surface area contributed by atoms with Gasteiger partial charge in [-0.05, 0) is 11.5 Å². The zero-order valence-electron chi connectivity index (χ0n) is 14.2. The van der Waals surface area contributed by atoms with Gasteiger partial charge in [0.2, 0.25) is 5.91 Å². The van der Waals surface area contributed by atoms with Gasteiger partial charge in [0.1, 0.15) is 11.9 Å². The molecular weight excluding hydrogens is 333 g/mol. The third-order valence-corrected chi connectivity index (χ3v) is 4.14. The maximum Gasteiger partial charge on any atom is 0.408 e. The Labute approximate surface area is 144 Å². The highest BCUT2D eigenvalue weighted by molar-refractivity contribution is 5.87. The van der Waals surface area contributed by atoms with E-state index in [9.17, 15) is 29.2 Å². The topological polar surface area (TPSA) is 104 Å². The summed E-state index contributed by atoms with van der Waals surface area (Å²) >= 11 is 0. The molecule has 0 bridgehead atoms. The average molecular weight is 353 g/mol. The quantitative estimate of drug-likeness (QED) is 0.664. The Hall–Kier alpha value is -2.71. The third kappa shape index (κ3) is 3.86. The zero-order valence-corrected chi connectivity index (χ0v) is 14.2. The van der Waals surface area contributed by atoms with Gasteiger partial charge in [0.05, 0.1) is 11.0 Å². The van der Waals surface area contributed by atoms with E-state index in [4.69, 9.17) is 0 Å². The van der Waals surface area contributed by atoms with Crippen LogP contribution >= 0.6 is 0 Å². The van der Waals surface area contributed by atoms with E-state index in [-0.39, 0.29) is 30.9 Å². The third-order valence-electron chi connectivity index (χ3n) is 4.14. The Morgan fingerprint density at radius 2 is 2.04 bits per heavy atom. The summed E-state index contributed by atoms with van der Waals surface area (Å²) in [6.07, 6.45) is -1.17. The molecule has 8 nitrogen and oxygen atoms in total. The van der Waals surface area contributed by atoms with Crippen LogP contribution < -0.4 is 0 Å². The second-order valence-electron chi connectivity index (χ2n) is 7.04. The Balaban J connectivity index is 2.25. The number of nitrogens with zero attached hydrogens (tertiary/aromatic N) is 3. The van der Waals surface area contributed by atoms with Crippen LogP contribution in [0.25, 0.3) is 0 Å². The average Bonchev–Trinajstić information content (AvgIpc) is 2.49. The summed E-state index contributed by atoms with van der Waals surface area (Å²) in [5.74, 6) is -1.17. The summed E-state index contributed by atoms with van der Waals surface area (Å²) in [5.41, 5.74) is -0.839. The summed E-state index contributed by atoms with van der Waals surface area (Å²) in [5, 5.41) is 20.0. The summed E-state index contributed by atoms with van der Waals surface area (Å²) in [6, 6.07) is 2.39. The number of nitro benzene ring substituents is 1. The van der Waals surface area contributed by atoms with Crippen molar-refractivity contribution >= 4 is 17.7 Å². The van der Waals surface area contributed by atoms with Crippen LogP contribution in [0.3, 0.4) is 0 Å². The maximum absolute atomic E-state index is 14.1. The first-order chi connectivity index (χ1) is 11.5. The van der Waals surface area contributed by atoms with Crippen LogP contribution in [0.2, 0.25) is 0 Å². The fraction of sp³-hybridized carbons (Fsp3) is 0.500. The van der Waals surface area contributed by atoms with E-state index in [1.54, 1.807) is 20.8 Å². The molecule has 0 spiro atoms. The zero-order chi connectivity index (χ0) is 18.9. The Kier molecular flexibility index (Phi) is 4.96. The van der Waals surface area contributed by atoms with E-state index in [0.29, 0.717) is 0 Å². The number of carbonyl (C=O) groups is 2.